The molecule has 3 N–H and O–H groups in total. The molecule has 0 aromatic heterocycles. The molecule has 0 aromatic carbocycles. The number of carbonyl (C=O) groups excluding carboxylic acids is 4. The van der Waals surface area contributed by atoms with E-state index in [9.17, 15) is 43.2 Å². The predicted molar refractivity (Wildman–Crippen MR) is 405 cm³/mol. The molecule has 0 aliphatic heterocycles. The maximum absolute atomic E-state index is 13.1. The fourth-order valence-electron chi connectivity index (χ4n) is 12.5. The summed E-state index contributed by atoms with van der Waals surface area (Å²) in [7, 11) is -9.91. The lowest BCUT2D eigenvalue weighted by Gasteiger charge is -2.21. The van der Waals surface area contributed by atoms with Crippen LogP contribution in [0.5, 0.6) is 0 Å². The Bertz CT molecular complexity index is 1880. The number of ether oxygens (including phenoxy) is 4. The van der Waals surface area contributed by atoms with Crippen LogP contribution in [-0.4, -0.2) is 96.7 Å². The van der Waals surface area contributed by atoms with Gasteiger partial charge in [-0.05, 0) is 25.7 Å². The van der Waals surface area contributed by atoms with Crippen molar-refractivity contribution in [2.24, 2.45) is 0 Å². The molecule has 17 nitrogen and oxygen atoms in total. The zero-order valence-electron chi connectivity index (χ0n) is 64.5. The minimum atomic E-state index is -4.96. The lowest BCUT2D eigenvalue weighted by Crippen LogP contribution is -2.30. The number of phosphoric ester groups is 2. The van der Waals surface area contributed by atoms with Crippen molar-refractivity contribution in [2.75, 3.05) is 39.6 Å². The highest BCUT2D eigenvalue weighted by molar-refractivity contribution is 7.47. The highest BCUT2D eigenvalue weighted by Gasteiger charge is 2.30. The van der Waals surface area contributed by atoms with Gasteiger partial charge in [-0.2, -0.15) is 0 Å². The summed E-state index contributed by atoms with van der Waals surface area (Å²) >= 11 is 0. The van der Waals surface area contributed by atoms with E-state index in [0.717, 1.165) is 89.9 Å². The van der Waals surface area contributed by atoms with E-state index >= 15 is 0 Å². The maximum atomic E-state index is 13.1. The van der Waals surface area contributed by atoms with E-state index in [2.05, 4.69) is 27.7 Å². The molecule has 19 heteroatoms. The third-order valence-corrected chi connectivity index (χ3v) is 20.8. The topological polar surface area (TPSA) is 237 Å². The lowest BCUT2D eigenvalue weighted by molar-refractivity contribution is -0.161. The normalized spacial score (nSPS) is 13.8. The molecular weight excluding hydrogens is 1290 g/mol. The van der Waals surface area contributed by atoms with Gasteiger partial charge in [0.1, 0.15) is 19.3 Å². The lowest BCUT2D eigenvalue weighted by atomic mass is 10.0. The first kappa shape index (κ1) is 97.1. The third kappa shape index (κ3) is 74.1. The van der Waals surface area contributed by atoms with Gasteiger partial charge in [0.15, 0.2) is 12.2 Å². The second-order valence-electron chi connectivity index (χ2n) is 28.8. The monoisotopic (exact) mass is 1450 g/mol. The van der Waals surface area contributed by atoms with Crippen molar-refractivity contribution in [2.45, 2.75) is 451 Å². The van der Waals surface area contributed by atoms with Gasteiger partial charge in [0, 0.05) is 25.7 Å². The van der Waals surface area contributed by atoms with Crippen LogP contribution < -0.4 is 0 Å². The number of aliphatic hydroxyl groups is 1. The summed E-state index contributed by atoms with van der Waals surface area (Å²) in [5.41, 5.74) is 0. The van der Waals surface area contributed by atoms with Crippen molar-refractivity contribution in [1.29, 1.82) is 0 Å². The Kier molecular flexibility index (Phi) is 72.9. The van der Waals surface area contributed by atoms with Crippen molar-refractivity contribution in [3.05, 3.63) is 0 Å². The van der Waals surface area contributed by atoms with Crippen LogP contribution in [0, 0.1) is 0 Å². The molecule has 0 bridgehead atoms. The molecule has 0 heterocycles. The van der Waals surface area contributed by atoms with Crippen LogP contribution in [0.25, 0.3) is 0 Å². The summed E-state index contributed by atoms with van der Waals surface area (Å²) in [4.78, 5) is 73.0. The van der Waals surface area contributed by atoms with Gasteiger partial charge in [-0.25, -0.2) is 9.13 Å². The van der Waals surface area contributed by atoms with Crippen molar-refractivity contribution >= 4 is 39.5 Å². The summed E-state index contributed by atoms with van der Waals surface area (Å²) in [6.07, 6.45) is 66.5. The van der Waals surface area contributed by atoms with Crippen LogP contribution in [-0.2, 0) is 65.4 Å². The number of rotatable bonds is 81. The highest BCUT2D eigenvalue weighted by atomic mass is 31.2. The predicted octanol–water partition coefficient (Wildman–Crippen LogP) is 24.2. The average Bonchev–Trinajstić information content (AvgIpc) is 1.05. The largest absolute Gasteiger partial charge is 0.472 e. The molecule has 99 heavy (non-hydrogen) atoms. The van der Waals surface area contributed by atoms with Crippen molar-refractivity contribution in [3.8, 4) is 0 Å². The first-order valence-corrected chi connectivity index (χ1v) is 44.8. The number of unbranched alkanes of at least 4 members (excludes halogenated alkanes) is 55. The molecule has 588 valence electrons. The molecule has 0 aromatic rings. The molecule has 0 saturated carbocycles. The molecule has 0 aliphatic carbocycles. The van der Waals surface area contributed by atoms with E-state index in [0.29, 0.717) is 25.7 Å². The molecule has 0 radical (unpaired) electrons. The Hall–Kier alpha value is -1.94. The fourth-order valence-corrected chi connectivity index (χ4v) is 14.0. The summed E-state index contributed by atoms with van der Waals surface area (Å²) in [6.45, 7) is 5.02. The summed E-state index contributed by atoms with van der Waals surface area (Å²) < 4.78 is 68.7. The van der Waals surface area contributed by atoms with Crippen LogP contribution in [0.4, 0.5) is 0 Å². The van der Waals surface area contributed by atoms with Crippen LogP contribution in [0.1, 0.15) is 432 Å². The second kappa shape index (κ2) is 74.3. The Labute approximate surface area is 607 Å². The average molecular weight is 1450 g/mol. The molecule has 0 saturated heterocycles. The highest BCUT2D eigenvalue weighted by Crippen LogP contribution is 2.45. The van der Waals surface area contributed by atoms with Crippen LogP contribution in [0.15, 0.2) is 0 Å². The Morgan fingerprint density at radius 3 is 0.596 bits per heavy atom. The number of phosphoric acid groups is 2. The van der Waals surface area contributed by atoms with Gasteiger partial charge in [0.05, 0.1) is 26.4 Å². The molecular formula is C80H156O17P2. The van der Waals surface area contributed by atoms with Gasteiger partial charge in [0.25, 0.3) is 0 Å². The molecule has 0 amide bonds. The Balaban J connectivity index is 5.23. The number of hydrogen-bond acceptors (Lipinski definition) is 15. The van der Waals surface area contributed by atoms with E-state index in [1.807, 2.05) is 0 Å². The van der Waals surface area contributed by atoms with Gasteiger partial charge in [-0.15, -0.1) is 0 Å². The zero-order chi connectivity index (χ0) is 72.5. The number of aliphatic hydroxyl groups excluding tert-OH is 1. The van der Waals surface area contributed by atoms with Gasteiger partial charge in [-0.1, -0.05) is 381 Å². The summed E-state index contributed by atoms with van der Waals surface area (Å²) in [5, 5.41) is 10.6. The Morgan fingerprint density at radius 2 is 0.404 bits per heavy atom. The van der Waals surface area contributed by atoms with E-state index in [-0.39, 0.29) is 25.7 Å². The second-order valence-corrected chi connectivity index (χ2v) is 31.7. The van der Waals surface area contributed by atoms with Crippen molar-refractivity contribution in [3.63, 3.8) is 0 Å². The van der Waals surface area contributed by atoms with E-state index in [4.69, 9.17) is 37.0 Å². The van der Waals surface area contributed by atoms with Crippen LogP contribution >= 0.6 is 15.6 Å². The molecule has 5 atom stereocenters. The molecule has 2 unspecified atom stereocenters. The maximum Gasteiger partial charge on any atom is 0.472 e. The number of carbonyl (C=O) groups is 4. The standard InChI is InChI=1S/C80H156O17P2/c1-5-9-13-17-21-25-29-32-35-37-38-41-44-47-51-55-59-63-67-80(85)97-76(71-91-78(83)65-61-57-53-49-45-42-40-36-33-30-26-22-18-14-10-6-2)73-95-99(88,89)93-69-74(81)68-92-98(86,87)94-72-75(70-90-77(82)64-60-56-52-48-28-24-20-16-12-8-4)96-79(84)66-62-58-54-50-46-43-39-34-31-27-23-19-15-11-7-3/h74-76,81H,5-73H2,1-4H3,(H,86,87)(H,88,89)/t74-,75+,76+/m0/s1. The minimum Gasteiger partial charge on any atom is -0.462 e. The van der Waals surface area contributed by atoms with Gasteiger partial charge < -0.3 is 33.8 Å². The van der Waals surface area contributed by atoms with E-state index < -0.39 is 97.5 Å². The molecule has 0 aliphatic rings. The van der Waals surface area contributed by atoms with Crippen LogP contribution in [0.2, 0.25) is 0 Å². The van der Waals surface area contributed by atoms with Crippen molar-refractivity contribution in [1.82, 2.24) is 0 Å². The van der Waals surface area contributed by atoms with E-state index in [1.165, 1.54) is 263 Å². The van der Waals surface area contributed by atoms with E-state index in [1.54, 1.807) is 0 Å². The smallest absolute Gasteiger partial charge is 0.462 e. The number of hydrogen-bond donors (Lipinski definition) is 3. The summed E-state index contributed by atoms with van der Waals surface area (Å²) in [5.74, 6) is -2.10. The van der Waals surface area contributed by atoms with Gasteiger partial charge in [0.2, 0.25) is 0 Å². The molecule has 0 spiro atoms. The fraction of sp³-hybridized carbons (Fsp3) is 0.950. The third-order valence-electron chi connectivity index (χ3n) is 18.9. The Morgan fingerprint density at radius 1 is 0.242 bits per heavy atom. The molecule has 0 fully saturated rings. The zero-order valence-corrected chi connectivity index (χ0v) is 66.3. The molecule has 0 rings (SSSR count). The van der Waals surface area contributed by atoms with Gasteiger partial charge >= 0.3 is 39.5 Å². The first-order chi connectivity index (χ1) is 48.2. The van der Waals surface area contributed by atoms with Crippen LogP contribution in [0.3, 0.4) is 0 Å². The SMILES string of the molecule is CCCCCCCCCCCCCCCCCCCCC(=O)O[C@H](COC(=O)CCCCCCCCCCCCCCCCCC)COP(=O)(O)OC[C@@H](O)COP(=O)(O)OC[C@@H](COC(=O)CCCCCCCCCCCC)OC(=O)CCCCCCCCCCCCCCCCC. The quantitative estimate of drug-likeness (QED) is 0.0222. The van der Waals surface area contributed by atoms with Gasteiger partial charge in [-0.3, -0.25) is 37.3 Å². The van der Waals surface area contributed by atoms with Crippen molar-refractivity contribution < 1.29 is 80.2 Å². The first-order valence-electron chi connectivity index (χ1n) is 41.8. The minimum absolute atomic E-state index is 0.109. The number of esters is 4. The summed E-state index contributed by atoms with van der Waals surface area (Å²) in [6, 6.07) is 0.